The van der Waals surface area contributed by atoms with Gasteiger partial charge < -0.3 is 10.2 Å². The van der Waals surface area contributed by atoms with Crippen molar-refractivity contribution < 1.29 is 47.9 Å². The molecule has 10 rings (SSSR count). The van der Waals surface area contributed by atoms with Crippen LogP contribution in [-0.2, 0) is 0 Å². The van der Waals surface area contributed by atoms with E-state index in [1.54, 1.807) is 24.5 Å². The van der Waals surface area contributed by atoms with Crippen molar-refractivity contribution in [1.82, 2.24) is 24.9 Å². The minimum atomic E-state index is -0.135. The first-order valence-electron chi connectivity index (χ1n) is 17.6. The molecule has 0 spiro atoms. The Morgan fingerprint density at radius 2 is 0.750 bits per heavy atom. The van der Waals surface area contributed by atoms with Crippen molar-refractivity contribution in [3.63, 3.8) is 0 Å². The molecule has 0 bridgehead atoms. The molecule has 9 heteroatoms. The third-order valence-electron chi connectivity index (χ3n) is 9.99. The van der Waals surface area contributed by atoms with E-state index in [4.69, 9.17) is 15.0 Å². The Labute approximate surface area is 346 Å². The molecule has 10 aromatic rings. The summed E-state index contributed by atoms with van der Waals surface area (Å²) >= 11 is 0. The maximum atomic E-state index is 13.1. The van der Waals surface area contributed by atoms with E-state index in [2.05, 4.69) is 34.2 Å². The van der Waals surface area contributed by atoms with Crippen molar-refractivity contribution in [3.05, 3.63) is 164 Å². The maximum Gasteiger partial charge on any atom is 1.00 e. The van der Waals surface area contributed by atoms with Crippen LogP contribution in [0.3, 0.4) is 0 Å². The van der Waals surface area contributed by atoms with Crippen molar-refractivity contribution in [2.24, 2.45) is 0 Å². The number of pyridine rings is 2. The zero-order chi connectivity index (χ0) is 36.2. The SMILES string of the molecule is [Li+].[Li+].[O-]c1ccc(-c2c3ccccc3c(-c3ccc([O-])c4ncccc34)c3cc(-c4nc(-c5ccccc5)nc(-c5ccccc5)n4)ccc23)c2cccnc12. The maximum absolute atomic E-state index is 13.1. The minimum absolute atomic E-state index is 0. The molecule has 0 aliphatic carbocycles. The van der Waals surface area contributed by atoms with Crippen LogP contribution < -0.4 is 47.9 Å². The Morgan fingerprint density at radius 1 is 0.339 bits per heavy atom. The Morgan fingerprint density at radius 3 is 1.25 bits per heavy atom. The summed E-state index contributed by atoms with van der Waals surface area (Å²) in [4.78, 5) is 24.0. The smallest absolute Gasteiger partial charge is 0.871 e. The number of benzene rings is 7. The molecule has 0 atom stereocenters. The summed E-state index contributed by atoms with van der Waals surface area (Å²) < 4.78 is 0. The van der Waals surface area contributed by atoms with E-state index < -0.39 is 0 Å². The Kier molecular flexibility index (Phi) is 9.87. The van der Waals surface area contributed by atoms with Crippen molar-refractivity contribution in [3.8, 4) is 67.9 Å². The van der Waals surface area contributed by atoms with Crippen LogP contribution in [0.4, 0.5) is 0 Å². The zero-order valence-electron chi connectivity index (χ0n) is 30.6. The van der Waals surface area contributed by atoms with E-state index >= 15 is 0 Å². The molecule has 0 N–H and O–H groups in total. The van der Waals surface area contributed by atoms with Gasteiger partial charge in [-0.25, -0.2) is 15.0 Å². The van der Waals surface area contributed by atoms with Gasteiger partial charge in [-0.2, -0.15) is 0 Å². The first-order valence-corrected chi connectivity index (χ1v) is 17.6. The Hall–Kier alpha value is -6.32. The molecule has 0 aliphatic heterocycles. The molecule has 3 aromatic heterocycles. The van der Waals surface area contributed by atoms with Gasteiger partial charge >= 0.3 is 37.7 Å². The van der Waals surface area contributed by atoms with Crippen molar-refractivity contribution in [2.75, 3.05) is 0 Å². The predicted octanol–water partition coefficient (Wildman–Crippen LogP) is 3.76. The first kappa shape index (κ1) is 36.7. The summed E-state index contributed by atoms with van der Waals surface area (Å²) in [7, 11) is 0. The molecular weight excluding hydrogens is 680 g/mol. The molecule has 56 heavy (non-hydrogen) atoms. The molecule has 254 valence electrons. The van der Waals surface area contributed by atoms with Crippen LogP contribution in [0.5, 0.6) is 11.5 Å². The van der Waals surface area contributed by atoms with Crippen molar-refractivity contribution >= 4 is 43.4 Å². The van der Waals surface area contributed by atoms with Crippen LogP contribution in [0, 0.1) is 0 Å². The Balaban J connectivity index is 0.00000220. The fourth-order valence-corrected chi connectivity index (χ4v) is 7.56. The van der Waals surface area contributed by atoms with E-state index in [-0.39, 0.29) is 49.2 Å². The monoisotopic (exact) mass is 707 g/mol. The summed E-state index contributed by atoms with van der Waals surface area (Å²) in [5.41, 5.74) is 7.10. The average molecular weight is 708 g/mol. The molecule has 3 heterocycles. The standard InChI is InChI=1S/C47H29N5O2.2Li/c53-39-23-21-33(36-17-9-25-48-43(36)39)41-31-15-7-8-16-32(31)42(34-22-24-40(54)44-37(34)18-10-26-49-44)38-27-30(19-20-35(38)41)47-51-45(28-11-3-1-4-12-28)50-46(52-47)29-13-5-2-6-14-29;;/h1-27,53-54H;;/q;2*+1/p-2. The number of rotatable bonds is 5. The van der Waals surface area contributed by atoms with E-state index in [1.807, 2.05) is 115 Å². The molecule has 0 saturated carbocycles. The first-order chi connectivity index (χ1) is 26.6. The van der Waals surface area contributed by atoms with Gasteiger partial charge in [-0.3, -0.25) is 9.97 Å². The van der Waals surface area contributed by atoms with Gasteiger partial charge in [-0.1, -0.05) is 145 Å². The normalized spacial score (nSPS) is 11.1. The molecule has 7 nitrogen and oxygen atoms in total. The van der Waals surface area contributed by atoms with Crippen LogP contribution in [-0.4, -0.2) is 24.9 Å². The zero-order valence-corrected chi connectivity index (χ0v) is 30.6. The van der Waals surface area contributed by atoms with Crippen molar-refractivity contribution in [1.29, 1.82) is 0 Å². The topological polar surface area (TPSA) is 111 Å². The predicted molar refractivity (Wildman–Crippen MR) is 212 cm³/mol. The van der Waals surface area contributed by atoms with E-state index in [0.29, 0.717) is 28.5 Å². The largest absolute Gasteiger partial charge is 1.00 e. The van der Waals surface area contributed by atoms with Gasteiger partial charge in [0, 0.05) is 39.9 Å². The summed E-state index contributed by atoms with van der Waals surface area (Å²) in [5.74, 6) is 1.40. The summed E-state index contributed by atoms with van der Waals surface area (Å²) in [5, 5.41) is 31.5. The quantitative estimate of drug-likeness (QED) is 0.198. The molecule has 0 saturated heterocycles. The van der Waals surface area contributed by atoms with Crippen LogP contribution >= 0.6 is 0 Å². The number of nitrogens with zero attached hydrogens (tertiary/aromatic N) is 5. The fraction of sp³-hybridized carbons (Fsp3) is 0. The van der Waals surface area contributed by atoms with Crippen LogP contribution in [0.25, 0.3) is 99.8 Å². The number of aromatic nitrogens is 5. The van der Waals surface area contributed by atoms with Gasteiger partial charge in [0.05, 0.1) is 11.0 Å². The molecule has 0 amide bonds. The number of hydrogen-bond acceptors (Lipinski definition) is 7. The van der Waals surface area contributed by atoms with Gasteiger partial charge in [0.15, 0.2) is 17.5 Å². The summed E-state index contributed by atoms with van der Waals surface area (Å²) in [6, 6.07) is 49.0. The van der Waals surface area contributed by atoms with Gasteiger partial charge in [-0.15, -0.1) is 0 Å². The molecule has 0 unspecified atom stereocenters. The second-order valence-corrected chi connectivity index (χ2v) is 13.1. The van der Waals surface area contributed by atoms with Crippen molar-refractivity contribution in [2.45, 2.75) is 0 Å². The molecule has 0 fully saturated rings. The third-order valence-corrected chi connectivity index (χ3v) is 9.99. The van der Waals surface area contributed by atoms with E-state index in [9.17, 15) is 10.2 Å². The van der Waals surface area contributed by atoms with Gasteiger partial charge in [0.1, 0.15) is 0 Å². The second-order valence-electron chi connectivity index (χ2n) is 13.1. The van der Waals surface area contributed by atoms with Gasteiger partial charge in [0.25, 0.3) is 0 Å². The molecule has 0 aliphatic rings. The number of fused-ring (bicyclic) bond motifs is 4. The Bertz CT molecular complexity index is 3030. The van der Waals surface area contributed by atoms with Crippen LogP contribution in [0.1, 0.15) is 0 Å². The third kappa shape index (κ3) is 6.18. The van der Waals surface area contributed by atoms with Crippen LogP contribution in [0.15, 0.2) is 164 Å². The fourth-order valence-electron chi connectivity index (χ4n) is 7.56. The van der Waals surface area contributed by atoms with E-state index in [1.165, 1.54) is 0 Å². The average Bonchev–Trinajstić information content (AvgIpc) is 3.24. The molecule has 0 radical (unpaired) electrons. The van der Waals surface area contributed by atoms with Crippen LogP contribution in [0.2, 0.25) is 0 Å². The summed E-state index contributed by atoms with van der Waals surface area (Å²) in [6.45, 7) is 0. The molecular formula is C47H27Li2N5O2. The number of hydrogen-bond donors (Lipinski definition) is 0. The second kappa shape index (κ2) is 15.1. The van der Waals surface area contributed by atoms with Gasteiger partial charge in [-0.05, 0) is 62.0 Å². The summed E-state index contributed by atoms with van der Waals surface area (Å²) in [6.07, 6.45) is 3.30. The minimum Gasteiger partial charge on any atom is -0.871 e. The molecule has 7 aromatic carbocycles. The van der Waals surface area contributed by atoms with E-state index in [0.717, 1.165) is 71.3 Å². The van der Waals surface area contributed by atoms with Gasteiger partial charge in [0.2, 0.25) is 0 Å².